The average molecular weight is 660 g/mol. The van der Waals surface area contributed by atoms with Gasteiger partial charge in [0.15, 0.2) is 11.2 Å². The van der Waals surface area contributed by atoms with Crippen molar-refractivity contribution in [3.8, 4) is 23.0 Å². The van der Waals surface area contributed by atoms with Crippen LogP contribution in [-0.2, 0) is 11.3 Å². The summed E-state index contributed by atoms with van der Waals surface area (Å²) in [5, 5.41) is 0.523. The molecule has 3 aromatic heterocycles. The first kappa shape index (κ1) is 31.6. The van der Waals surface area contributed by atoms with Gasteiger partial charge in [-0.1, -0.05) is 11.6 Å². The number of aromatic nitrogens is 5. The van der Waals surface area contributed by atoms with E-state index in [1.165, 1.54) is 24.7 Å². The summed E-state index contributed by atoms with van der Waals surface area (Å²) in [5.74, 6) is 2.46. The van der Waals surface area contributed by atoms with Crippen molar-refractivity contribution in [3.63, 3.8) is 0 Å². The van der Waals surface area contributed by atoms with Gasteiger partial charge in [0.25, 0.3) is 0 Å². The van der Waals surface area contributed by atoms with Crippen LogP contribution in [0.2, 0.25) is 5.02 Å². The highest BCUT2D eigenvalue weighted by atomic mass is 35.5. The number of halogens is 1. The molecule has 4 aromatic rings. The smallest absolute Gasteiger partial charge is 0.410 e. The minimum atomic E-state index is -0.496. The molecule has 0 spiro atoms. The summed E-state index contributed by atoms with van der Waals surface area (Å²) < 4.78 is 20.0. The standard InChI is InChI=1S/C35H42ClN7O4/c1-34(2,3)47-33(44)42-15-13-41(14-16-42)17-18-45-26-7-8-27(28(36)20-26)30-40-29-31(38-22-39-32(29)46-35(4)10-11-35)43(30)21-25-19-24(9-12-37-25)23-5-6-23/h7-9,12,19-20,22-23H,5-6,10-11,13-18,21H2,1-4H3. The molecule has 7 rings (SSSR count). The first-order chi connectivity index (χ1) is 22.5. The van der Waals surface area contributed by atoms with Gasteiger partial charge >= 0.3 is 6.09 Å². The zero-order valence-electron chi connectivity index (χ0n) is 27.5. The first-order valence-electron chi connectivity index (χ1n) is 16.5. The summed E-state index contributed by atoms with van der Waals surface area (Å²) in [6, 6.07) is 10.00. The second-order valence-corrected chi connectivity index (χ2v) is 14.5. The van der Waals surface area contributed by atoms with Crippen LogP contribution in [0.25, 0.3) is 22.6 Å². The molecule has 1 saturated heterocycles. The molecule has 47 heavy (non-hydrogen) atoms. The van der Waals surface area contributed by atoms with Crippen molar-refractivity contribution in [1.29, 1.82) is 0 Å². The van der Waals surface area contributed by atoms with Gasteiger partial charge in [-0.3, -0.25) is 9.88 Å². The highest BCUT2D eigenvalue weighted by Gasteiger charge is 2.41. The van der Waals surface area contributed by atoms with Gasteiger partial charge in [-0.05, 0) is 95.2 Å². The molecule has 0 bridgehead atoms. The van der Waals surface area contributed by atoms with Gasteiger partial charge in [-0.25, -0.2) is 14.8 Å². The average Bonchev–Trinajstić information content (AvgIpc) is 3.97. The van der Waals surface area contributed by atoms with Gasteiger partial charge in [-0.2, -0.15) is 4.98 Å². The quantitative estimate of drug-likeness (QED) is 0.193. The molecule has 12 heteroatoms. The Labute approximate surface area is 280 Å². The van der Waals surface area contributed by atoms with Gasteiger partial charge < -0.3 is 23.7 Å². The topological polar surface area (TPSA) is 108 Å². The van der Waals surface area contributed by atoms with Crippen LogP contribution in [0, 0.1) is 0 Å². The number of pyridine rings is 1. The summed E-state index contributed by atoms with van der Waals surface area (Å²) in [7, 11) is 0. The van der Waals surface area contributed by atoms with E-state index in [1.807, 2.05) is 45.2 Å². The molecular weight excluding hydrogens is 618 g/mol. The summed E-state index contributed by atoms with van der Waals surface area (Å²) in [6.45, 7) is 12.3. The largest absolute Gasteiger partial charge is 0.492 e. The Bertz CT molecular complexity index is 1770. The fourth-order valence-electron chi connectivity index (χ4n) is 5.81. The predicted molar refractivity (Wildman–Crippen MR) is 179 cm³/mol. The first-order valence-corrected chi connectivity index (χ1v) is 16.9. The monoisotopic (exact) mass is 659 g/mol. The van der Waals surface area contributed by atoms with E-state index in [-0.39, 0.29) is 11.7 Å². The van der Waals surface area contributed by atoms with E-state index in [2.05, 4.69) is 43.5 Å². The zero-order valence-corrected chi connectivity index (χ0v) is 28.3. The lowest BCUT2D eigenvalue weighted by molar-refractivity contribution is 0.0137. The van der Waals surface area contributed by atoms with E-state index in [0.717, 1.165) is 43.7 Å². The summed E-state index contributed by atoms with van der Waals surface area (Å²) >= 11 is 6.94. The van der Waals surface area contributed by atoms with Gasteiger partial charge in [0.1, 0.15) is 35.7 Å². The van der Waals surface area contributed by atoms with Crippen LogP contribution in [0.4, 0.5) is 4.79 Å². The van der Waals surface area contributed by atoms with Crippen molar-refractivity contribution in [2.45, 2.75) is 77.0 Å². The number of rotatable bonds is 10. The molecule has 0 unspecified atom stereocenters. The van der Waals surface area contributed by atoms with E-state index in [1.54, 1.807) is 4.90 Å². The van der Waals surface area contributed by atoms with Crippen molar-refractivity contribution in [1.82, 2.24) is 34.3 Å². The van der Waals surface area contributed by atoms with Gasteiger partial charge in [0, 0.05) is 44.5 Å². The maximum Gasteiger partial charge on any atom is 0.410 e. The molecule has 1 aromatic carbocycles. The van der Waals surface area contributed by atoms with Crippen LogP contribution in [0.15, 0.2) is 42.9 Å². The molecule has 248 valence electrons. The Kier molecular flexibility index (Phi) is 8.46. The van der Waals surface area contributed by atoms with E-state index in [0.29, 0.717) is 65.8 Å². The molecule has 11 nitrogen and oxygen atoms in total. The van der Waals surface area contributed by atoms with Crippen molar-refractivity contribution < 1.29 is 19.0 Å². The van der Waals surface area contributed by atoms with E-state index in [4.69, 9.17) is 30.8 Å². The third-order valence-electron chi connectivity index (χ3n) is 8.89. The van der Waals surface area contributed by atoms with Crippen LogP contribution in [0.3, 0.4) is 0 Å². The molecular formula is C35H42ClN7O4. The number of imidazole rings is 1. The highest BCUT2D eigenvalue weighted by molar-refractivity contribution is 6.33. The van der Waals surface area contributed by atoms with E-state index >= 15 is 0 Å². The highest BCUT2D eigenvalue weighted by Crippen LogP contribution is 2.42. The van der Waals surface area contributed by atoms with Crippen molar-refractivity contribution in [3.05, 3.63) is 59.1 Å². The molecule has 3 fully saturated rings. The Hall–Kier alpha value is -3.96. The van der Waals surface area contributed by atoms with Crippen LogP contribution < -0.4 is 9.47 Å². The van der Waals surface area contributed by atoms with Gasteiger partial charge in [0.05, 0.1) is 17.3 Å². The number of amides is 1. The van der Waals surface area contributed by atoms with Gasteiger partial charge in [-0.15, -0.1) is 0 Å². The number of benzene rings is 1. The third kappa shape index (κ3) is 7.46. The third-order valence-corrected chi connectivity index (χ3v) is 9.20. The fourth-order valence-corrected chi connectivity index (χ4v) is 6.07. The number of ether oxygens (including phenoxy) is 3. The van der Waals surface area contributed by atoms with Crippen LogP contribution in [0.1, 0.15) is 70.6 Å². The van der Waals surface area contributed by atoms with E-state index < -0.39 is 5.60 Å². The molecule has 3 aliphatic rings. The van der Waals surface area contributed by atoms with Crippen LogP contribution >= 0.6 is 11.6 Å². The lowest BCUT2D eigenvalue weighted by Crippen LogP contribution is -2.50. The lowest BCUT2D eigenvalue weighted by atomic mass is 10.1. The molecule has 0 N–H and O–H groups in total. The molecule has 2 aliphatic carbocycles. The van der Waals surface area contributed by atoms with E-state index in [9.17, 15) is 4.79 Å². The summed E-state index contributed by atoms with van der Waals surface area (Å²) in [4.78, 5) is 35.3. The Morgan fingerprint density at radius 2 is 1.83 bits per heavy atom. The number of carbonyl (C=O) groups excluding carboxylic acids is 1. The summed E-state index contributed by atoms with van der Waals surface area (Å²) in [6.07, 6.45) is 7.59. The van der Waals surface area contributed by atoms with Crippen molar-refractivity contribution in [2.24, 2.45) is 0 Å². The SMILES string of the molecule is CC(C)(C)OC(=O)N1CCN(CCOc2ccc(-c3nc4c(OC5(C)CC5)ncnc4n3Cc3cc(C4CC4)ccn3)c(Cl)c2)CC1. The summed E-state index contributed by atoms with van der Waals surface area (Å²) in [5.41, 5.74) is 3.60. The Balaban J connectivity index is 1.07. The normalized spacial score (nSPS) is 17.9. The van der Waals surface area contributed by atoms with Crippen molar-refractivity contribution >= 4 is 28.9 Å². The predicted octanol–water partition coefficient (Wildman–Crippen LogP) is 6.33. The molecule has 2 saturated carbocycles. The zero-order chi connectivity index (χ0) is 32.8. The second-order valence-electron chi connectivity index (χ2n) is 14.1. The molecule has 1 aliphatic heterocycles. The number of hydrogen-bond donors (Lipinski definition) is 0. The molecule has 1 amide bonds. The van der Waals surface area contributed by atoms with Crippen molar-refractivity contribution in [2.75, 3.05) is 39.3 Å². The molecule has 4 heterocycles. The second kappa shape index (κ2) is 12.6. The number of hydrogen-bond acceptors (Lipinski definition) is 9. The number of piperazine rings is 1. The fraction of sp³-hybridized carbons (Fsp3) is 0.514. The lowest BCUT2D eigenvalue weighted by Gasteiger charge is -2.35. The van der Waals surface area contributed by atoms with Crippen LogP contribution in [0.5, 0.6) is 11.6 Å². The minimum Gasteiger partial charge on any atom is -0.492 e. The maximum atomic E-state index is 12.4. The number of carbonyl (C=O) groups is 1. The number of fused-ring (bicyclic) bond motifs is 1. The van der Waals surface area contributed by atoms with Crippen LogP contribution in [-0.4, -0.2) is 90.9 Å². The Morgan fingerprint density at radius 3 is 2.53 bits per heavy atom. The maximum absolute atomic E-state index is 12.4. The Morgan fingerprint density at radius 1 is 1.04 bits per heavy atom. The number of nitrogens with zero attached hydrogens (tertiary/aromatic N) is 7. The molecule has 0 radical (unpaired) electrons. The van der Waals surface area contributed by atoms with Gasteiger partial charge in [0.2, 0.25) is 5.88 Å². The molecule has 0 atom stereocenters. The minimum absolute atomic E-state index is 0.215.